The summed E-state index contributed by atoms with van der Waals surface area (Å²) >= 11 is 7.63. The molecule has 1 aromatic heterocycles. The molecule has 1 saturated carbocycles. The monoisotopic (exact) mass is 310 g/mol. The molecule has 7 heteroatoms. The SMILES string of the molecule is Nc1nnc(SCCOc2ccccc2Cl)n1C1CC1. The van der Waals surface area contributed by atoms with Crippen molar-refractivity contribution in [3.05, 3.63) is 29.3 Å². The van der Waals surface area contributed by atoms with Crippen molar-refractivity contribution in [1.82, 2.24) is 14.8 Å². The zero-order chi connectivity index (χ0) is 13.9. The molecule has 0 bridgehead atoms. The van der Waals surface area contributed by atoms with E-state index < -0.39 is 0 Å². The van der Waals surface area contributed by atoms with E-state index >= 15 is 0 Å². The molecule has 2 aromatic rings. The summed E-state index contributed by atoms with van der Waals surface area (Å²) in [6.45, 7) is 0.561. The summed E-state index contributed by atoms with van der Waals surface area (Å²) in [5.74, 6) is 1.98. The first-order chi connectivity index (χ1) is 9.75. The van der Waals surface area contributed by atoms with E-state index in [-0.39, 0.29) is 0 Å². The van der Waals surface area contributed by atoms with Crippen LogP contribution < -0.4 is 10.5 Å². The van der Waals surface area contributed by atoms with Crippen LogP contribution in [0.3, 0.4) is 0 Å². The Morgan fingerprint density at radius 1 is 1.35 bits per heavy atom. The lowest BCUT2D eigenvalue weighted by molar-refractivity contribution is 0.344. The lowest BCUT2D eigenvalue weighted by atomic mass is 10.3. The summed E-state index contributed by atoms with van der Waals surface area (Å²) in [5, 5.41) is 9.54. The fraction of sp³-hybridized carbons (Fsp3) is 0.385. The van der Waals surface area contributed by atoms with Gasteiger partial charge in [0, 0.05) is 11.8 Å². The van der Waals surface area contributed by atoms with E-state index in [1.54, 1.807) is 11.8 Å². The molecule has 0 atom stereocenters. The van der Waals surface area contributed by atoms with Crippen LogP contribution in [0, 0.1) is 0 Å². The zero-order valence-electron chi connectivity index (χ0n) is 10.8. The van der Waals surface area contributed by atoms with Gasteiger partial charge in [-0.2, -0.15) is 0 Å². The second kappa shape index (κ2) is 5.93. The highest BCUT2D eigenvalue weighted by molar-refractivity contribution is 7.99. The molecule has 0 amide bonds. The van der Waals surface area contributed by atoms with Crippen molar-refractivity contribution in [2.45, 2.75) is 24.0 Å². The Hall–Kier alpha value is -1.40. The predicted molar refractivity (Wildman–Crippen MR) is 80.4 cm³/mol. The fourth-order valence-corrected chi connectivity index (χ4v) is 2.93. The van der Waals surface area contributed by atoms with Gasteiger partial charge in [0.15, 0.2) is 5.16 Å². The number of nitrogens with zero attached hydrogens (tertiary/aromatic N) is 3. The number of anilines is 1. The molecule has 1 fully saturated rings. The van der Waals surface area contributed by atoms with Gasteiger partial charge in [-0.15, -0.1) is 10.2 Å². The summed E-state index contributed by atoms with van der Waals surface area (Å²) in [4.78, 5) is 0. The lowest BCUT2D eigenvalue weighted by Gasteiger charge is -2.08. The van der Waals surface area contributed by atoms with Gasteiger partial charge < -0.3 is 10.5 Å². The lowest BCUT2D eigenvalue weighted by Crippen LogP contribution is -2.05. The van der Waals surface area contributed by atoms with Crippen molar-refractivity contribution in [3.8, 4) is 5.75 Å². The van der Waals surface area contributed by atoms with Crippen molar-refractivity contribution in [3.63, 3.8) is 0 Å². The molecule has 0 spiro atoms. The summed E-state index contributed by atoms with van der Waals surface area (Å²) < 4.78 is 7.65. The maximum Gasteiger partial charge on any atom is 0.222 e. The Bertz CT molecular complexity index is 600. The molecule has 20 heavy (non-hydrogen) atoms. The topological polar surface area (TPSA) is 66.0 Å². The Kier molecular flexibility index (Phi) is 4.03. The minimum Gasteiger partial charge on any atom is -0.491 e. The largest absolute Gasteiger partial charge is 0.491 e. The molecule has 1 aliphatic carbocycles. The molecule has 3 rings (SSSR count). The average Bonchev–Trinajstić information content (AvgIpc) is 3.21. The minimum absolute atomic E-state index is 0.483. The van der Waals surface area contributed by atoms with Gasteiger partial charge in [-0.05, 0) is 25.0 Å². The second-order valence-electron chi connectivity index (χ2n) is 4.57. The fourth-order valence-electron chi connectivity index (χ4n) is 1.91. The highest BCUT2D eigenvalue weighted by Gasteiger charge is 2.28. The van der Waals surface area contributed by atoms with E-state index in [0.29, 0.717) is 29.4 Å². The molecule has 0 unspecified atom stereocenters. The maximum absolute atomic E-state index is 6.02. The van der Waals surface area contributed by atoms with Crippen molar-refractivity contribution < 1.29 is 4.74 Å². The summed E-state index contributed by atoms with van der Waals surface area (Å²) in [6.07, 6.45) is 2.32. The molecule has 5 nitrogen and oxygen atoms in total. The Morgan fingerprint density at radius 2 is 2.15 bits per heavy atom. The smallest absolute Gasteiger partial charge is 0.222 e. The van der Waals surface area contributed by atoms with E-state index in [1.165, 1.54) is 0 Å². The molecular formula is C13H15ClN4OS. The van der Waals surface area contributed by atoms with Crippen LogP contribution in [-0.2, 0) is 0 Å². The van der Waals surface area contributed by atoms with Gasteiger partial charge in [0.25, 0.3) is 0 Å². The first-order valence-electron chi connectivity index (χ1n) is 6.46. The van der Waals surface area contributed by atoms with Gasteiger partial charge in [-0.1, -0.05) is 35.5 Å². The van der Waals surface area contributed by atoms with Gasteiger partial charge in [0.05, 0.1) is 11.6 Å². The Balaban J connectivity index is 1.52. The molecule has 2 N–H and O–H groups in total. The number of ether oxygens (including phenoxy) is 1. The van der Waals surface area contributed by atoms with Gasteiger partial charge in [0.2, 0.25) is 5.95 Å². The molecule has 0 saturated heterocycles. The van der Waals surface area contributed by atoms with Crippen molar-refractivity contribution in [2.75, 3.05) is 18.1 Å². The third kappa shape index (κ3) is 3.02. The van der Waals surface area contributed by atoms with E-state index in [2.05, 4.69) is 10.2 Å². The van der Waals surface area contributed by atoms with Crippen LogP contribution in [0.5, 0.6) is 5.75 Å². The second-order valence-corrected chi connectivity index (χ2v) is 6.04. The molecule has 106 valence electrons. The highest BCUT2D eigenvalue weighted by Crippen LogP contribution is 2.39. The molecule has 1 aromatic carbocycles. The number of halogens is 1. The standard InChI is InChI=1S/C13H15ClN4OS/c14-10-3-1-2-4-11(10)19-7-8-20-13-17-16-12(15)18(13)9-5-6-9/h1-4,9H,5-8H2,(H2,15,16). The number of para-hydroxylation sites is 1. The summed E-state index contributed by atoms with van der Waals surface area (Å²) in [7, 11) is 0. The quantitative estimate of drug-likeness (QED) is 0.656. The van der Waals surface area contributed by atoms with Crippen LogP contribution in [-0.4, -0.2) is 27.1 Å². The van der Waals surface area contributed by atoms with Crippen molar-refractivity contribution >= 4 is 29.3 Å². The highest BCUT2D eigenvalue weighted by atomic mass is 35.5. The van der Waals surface area contributed by atoms with Gasteiger partial charge in [0.1, 0.15) is 5.75 Å². The third-order valence-corrected chi connectivity index (χ3v) is 4.23. The number of thioether (sulfide) groups is 1. The molecule has 1 heterocycles. The third-order valence-electron chi connectivity index (χ3n) is 3.01. The number of aromatic nitrogens is 3. The number of nitrogens with two attached hydrogens (primary N) is 1. The molecule has 0 radical (unpaired) electrons. The van der Waals surface area contributed by atoms with Gasteiger partial charge in [-0.3, -0.25) is 4.57 Å². The number of hydrogen-bond acceptors (Lipinski definition) is 5. The van der Waals surface area contributed by atoms with E-state index in [4.69, 9.17) is 22.1 Å². The zero-order valence-corrected chi connectivity index (χ0v) is 12.4. The summed E-state index contributed by atoms with van der Waals surface area (Å²) in [6, 6.07) is 7.94. The predicted octanol–water partition coefficient (Wildman–Crippen LogP) is 3.02. The Morgan fingerprint density at radius 3 is 2.90 bits per heavy atom. The van der Waals surface area contributed by atoms with Gasteiger partial charge >= 0.3 is 0 Å². The number of benzene rings is 1. The van der Waals surface area contributed by atoms with Gasteiger partial charge in [-0.25, -0.2) is 0 Å². The minimum atomic E-state index is 0.483. The van der Waals surface area contributed by atoms with Crippen molar-refractivity contribution in [1.29, 1.82) is 0 Å². The van der Waals surface area contributed by atoms with Crippen molar-refractivity contribution in [2.24, 2.45) is 0 Å². The number of hydrogen-bond donors (Lipinski definition) is 1. The number of nitrogen functional groups attached to an aromatic ring is 1. The summed E-state index contributed by atoms with van der Waals surface area (Å²) in [5.41, 5.74) is 5.82. The first kappa shape index (κ1) is 13.6. The van der Waals surface area contributed by atoms with Crippen LogP contribution in [0.4, 0.5) is 5.95 Å². The Labute approximate surface area is 126 Å². The normalized spacial score (nSPS) is 14.4. The average molecular weight is 311 g/mol. The first-order valence-corrected chi connectivity index (χ1v) is 7.82. The molecular weight excluding hydrogens is 296 g/mol. The van der Waals surface area contributed by atoms with Crippen LogP contribution in [0.1, 0.15) is 18.9 Å². The molecule has 1 aliphatic rings. The van der Waals surface area contributed by atoms with Crippen LogP contribution in [0.25, 0.3) is 0 Å². The molecule has 0 aliphatic heterocycles. The van der Waals surface area contributed by atoms with E-state index in [0.717, 1.165) is 23.8 Å². The van der Waals surface area contributed by atoms with Crippen LogP contribution >= 0.6 is 23.4 Å². The number of rotatable bonds is 6. The van der Waals surface area contributed by atoms with E-state index in [1.807, 2.05) is 28.8 Å². The maximum atomic E-state index is 6.02. The van der Waals surface area contributed by atoms with Crippen LogP contribution in [0.2, 0.25) is 5.02 Å². The van der Waals surface area contributed by atoms with E-state index in [9.17, 15) is 0 Å². The van der Waals surface area contributed by atoms with Crippen LogP contribution in [0.15, 0.2) is 29.4 Å².